The second-order valence-corrected chi connectivity index (χ2v) is 4.42. The Labute approximate surface area is 121 Å². The molecule has 0 aliphatic heterocycles. The van der Waals surface area contributed by atoms with E-state index in [0.29, 0.717) is 16.0 Å². The van der Waals surface area contributed by atoms with E-state index in [1.807, 2.05) is 0 Å². The van der Waals surface area contributed by atoms with Crippen molar-refractivity contribution in [3.05, 3.63) is 39.1 Å². The van der Waals surface area contributed by atoms with Gasteiger partial charge >= 0.3 is 11.6 Å². The molecular weight excluding hydrogens is 332 g/mol. The molecule has 1 heterocycles. The van der Waals surface area contributed by atoms with Crippen molar-refractivity contribution in [2.75, 3.05) is 12.8 Å². The highest BCUT2D eigenvalue weighted by Crippen LogP contribution is 2.36. The van der Waals surface area contributed by atoms with Crippen molar-refractivity contribution >= 4 is 27.4 Å². The van der Waals surface area contributed by atoms with Crippen molar-refractivity contribution in [1.82, 2.24) is 9.97 Å². The van der Waals surface area contributed by atoms with Crippen LogP contribution >= 0.6 is 15.9 Å². The first-order chi connectivity index (χ1) is 9.52. The van der Waals surface area contributed by atoms with Gasteiger partial charge in [-0.2, -0.15) is 4.98 Å². The first-order valence-corrected chi connectivity index (χ1v) is 6.08. The molecule has 2 aromatic rings. The Morgan fingerprint density at radius 3 is 2.75 bits per heavy atom. The van der Waals surface area contributed by atoms with Crippen molar-refractivity contribution < 1.29 is 14.4 Å². The van der Waals surface area contributed by atoms with Crippen molar-refractivity contribution in [3.8, 4) is 17.4 Å². The SMILES string of the molecule is COc1ccc(Oc2ncnc(N)c2[N+](=O)[O-])c(Br)c1. The van der Waals surface area contributed by atoms with E-state index in [0.717, 1.165) is 6.33 Å². The quantitative estimate of drug-likeness (QED) is 0.671. The number of rotatable bonds is 4. The standard InChI is InChI=1S/C11H9BrN4O4/c1-19-6-2-3-8(7(12)4-6)20-11-9(16(17)18)10(13)14-5-15-11/h2-5H,1H3,(H2,13,14,15). The Morgan fingerprint density at radius 1 is 1.40 bits per heavy atom. The Morgan fingerprint density at radius 2 is 2.15 bits per heavy atom. The van der Waals surface area contributed by atoms with Crippen LogP contribution < -0.4 is 15.2 Å². The highest BCUT2D eigenvalue weighted by Gasteiger charge is 2.23. The number of nitrogens with two attached hydrogens (primary N) is 1. The van der Waals surface area contributed by atoms with Gasteiger partial charge in [-0.15, -0.1) is 0 Å². The molecule has 8 nitrogen and oxygen atoms in total. The predicted octanol–water partition coefficient (Wildman–Crippen LogP) is 2.53. The lowest BCUT2D eigenvalue weighted by Gasteiger charge is -2.08. The number of nitrogen functional groups attached to an aromatic ring is 1. The average Bonchev–Trinajstić information content (AvgIpc) is 2.40. The maximum atomic E-state index is 11.0. The fourth-order valence-electron chi connectivity index (χ4n) is 1.42. The summed E-state index contributed by atoms with van der Waals surface area (Å²) >= 11 is 3.28. The summed E-state index contributed by atoms with van der Waals surface area (Å²) in [4.78, 5) is 17.6. The average molecular weight is 341 g/mol. The van der Waals surface area contributed by atoms with Gasteiger partial charge in [0.2, 0.25) is 5.82 Å². The Hall–Kier alpha value is -2.42. The van der Waals surface area contributed by atoms with Crippen LogP contribution in [0, 0.1) is 10.1 Å². The summed E-state index contributed by atoms with van der Waals surface area (Å²) in [5.41, 5.74) is 4.98. The zero-order valence-electron chi connectivity index (χ0n) is 10.2. The van der Waals surface area contributed by atoms with Gasteiger partial charge in [-0.05, 0) is 34.1 Å². The van der Waals surface area contributed by atoms with Crippen molar-refractivity contribution in [3.63, 3.8) is 0 Å². The monoisotopic (exact) mass is 340 g/mol. The van der Waals surface area contributed by atoms with Crippen LogP contribution in [0.5, 0.6) is 17.4 Å². The van der Waals surface area contributed by atoms with E-state index in [4.69, 9.17) is 15.2 Å². The Bertz CT molecular complexity index is 665. The third-order valence-electron chi connectivity index (χ3n) is 2.35. The van der Waals surface area contributed by atoms with Gasteiger partial charge in [0, 0.05) is 0 Å². The maximum absolute atomic E-state index is 11.0. The fourth-order valence-corrected chi connectivity index (χ4v) is 1.86. The topological polar surface area (TPSA) is 113 Å². The Kier molecular flexibility index (Phi) is 3.99. The maximum Gasteiger partial charge on any atom is 0.372 e. The van der Waals surface area contributed by atoms with E-state index < -0.39 is 10.6 Å². The Balaban J connectivity index is 2.40. The zero-order valence-corrected chi connectivity index (χ0v) is 11.8. The molecule has 0 radical (unpaired) electrons. The summed E-state index contributed by atoms with van der Waals surface area (Å²) in [5, 5.41) is 11.0. The van der Waals surface area contributed by atoms with E-state index in [9.17, 15) is 10.1 Å². The first kappa shape index (κ1) is 14.0. The summed E-state index contributed by atoms with van der Waals surface area (Å²) in [6, 6.07) is 4.90. The molecule has 1 aromatic carbocycles. The lowest BCUT2D eigenvalue weighted by atomic mass is 10.3. The third-order valence-corrected chi connectivity index (χ3v) is 2.96. The van der Waals surface area contributed by atoms with Crippen LogP contribution in [-0.4, -0.2) is 22.0 Å². The number of nitrogens with zero attached hydrogens (tertiary/aromatic N) is 3. The van der Waals surface area contributed by atoms with E-state index >= 15 is 0 Å². The van der Waals surface area contributed by atoms with Gasteiger partial charge in [-0.1, -0.05) is 0 Å². The minimum absolute atomic E-state index is 0.228. The number of methoxy groups -OCH3 is 1. The lowest BCUT2D eigenvalue weighted by Crippen LogP contribution is -2.02. The molecule has 0 atom stereocenters. The number of hydrogen-bond acceptors (Lipinski definition) is 7. The first-order valence-electron chi connectivity index (χ1n) is 5.29. The molecule has 20 heavy (non-hydrogen) atoms. The van der Waals surface area contributed by atoms with Gasteiger partial charge in [0.1, 0.15) is 17.8 Å². The van der Waals surface area contributed by atoms with E-state index in [1.165, 1.54) is 7.11 Å². The summed E-state index contributed by atoms with van der Waals surface area (Å²) in [7, 11) is 1.53. The normalized spacial score (nSPS) is 10.1. The molecule has 0 saturated heterocycles. The molecule has 2 rings (SSSR count). The van der Waals surface area contributed by atoms with Gasteiger partial charge in [0.05, 0.1) is 16.5 Å². The third kappa shape index (κ3) is 2.77. The number of nitro groups is 1. The molecule has 0 saturated carbocycles. The zero-order chi connectivity index (χ0) is 14.7. The molecule has 0 unspecified atom stereocenters. The number of benzene rings is 1. The van der Waals surface area contributed by atoms with Gasteiger partial charge < -0.3 is 15.2 Å². The number of anilines is 1. The largest absolute Gasteiger partial charge is 0.497 e. The van der Waals surface area contributed by atoms with Gasteiger partial charge in [-0.3, -0.25) is 10.1 Å². The lowest BCUT2D eigenvalue weighted by molar-refractivity contribution is -0.385. The molecular formula is C11H9BrN4O4. The number of aromatic nitrogens is 2. The second-order valence-electron chi connectivity index (χ2n) is 3.57. The molecule has 0 bridgehead atoms. The van der Waals surface area contributed by atoms with E-state index in [2.05, 4.69) is 25.9 Å². The molecule has 0 aliphatic rings. The van der Waals surface area contributed by atoms with Crippen LogP contribution in [0.25, 0.3) is 0 Å². The highest BCUT2D eigenvalue weighted by atomic mass is 79.9. The van der Waals surface area contributed by atoms with Crippen LogP contribution in [0.15, 0.2) is 29.0 Å². The molecule has 0 amide bonds. The van der Waals surface area contributed by atoms with Crippen LogP contribution in [0.4, 0.5) is 11.5 Å². The van der Waals surface area contributed by atoms with E-state index in [-0.39, 0.29) is 11.7 Å². The molecule has 0 aliphatic carbocycles. The molecule has 0 fully saturated rings. The smallest absolute Gasteiger partial charge is 0.372 e. The van der Waals surface area contributed by atoms with Crippen LogP contribution in [0.1, 0.15) is 0 Å². The van der Waals surface area contributed by atoms with Crippen molar-refractivity contribution in [2.45, 2.75) is 0 Å². The predicted molar refractivity (Wildman–Crippen MR) is 73.9 cm³/mol. The van der Waals surface area contributed by atoms with Crippen molar-refractivity contribution in [1.29, 1.82) is 0 Å². The van der Waals surface area contributed by atoms with Gasteiger partial charge in [-0.25, -0.2) is 4.98 Å². The van der Waals surface area contributed by atoms with Gasteiger partial charge in [0.15, 0.2) is 0 Å². The van der Waals surface area contributed by atoms with Gasteiger partial charge in [0.25, 0.3) is 0 Å². The van der Waals surface area contributed by atoms with Crippen LogP contribution in [0.2, 0.25) is 0 Å². The summed E-state index contributed by atoms with van der Waals surface area (Å²) in [6.45, 7) is 0. The molecule has 2 N–H and O–H groups in total. The number of halogens is 1. The van der Waals surface area contributed by atoms with E-state index in [1.54, 1.807) is 18.2 Å². The second kappa shape index (κ2) is 5.70. The van der Waals surface area contributed by atoms with Crippen LogP contribution in [0.3, 0.4) is 0 Å². The summed E-state index contributed by atoms with van der Waals surface area (Å²) in [6.07, 6.45) is 1.09. The molecule has 9 heteroatoms. The number of ether oxygens (including phenoxy) is 2. The number of hydrogen-bond donors (Lipinski definition) is 1. The fraction of sp³-hybridized carbons (Fsp3) is 0.0909. The molecule has 104 valence electrons. The minimum atomic E-state index is -0.692. The molecule has 0 spiro atoms. The molecule has 1 aromatic heterocycles. The van der Waals surface area contributed by atoms with Crippen LogP contribution in [-0.2, 0) is 0 Å². The summed E-state index contributed by atoms with van der Waals surface area (Å²) < 4.78 is 11.0. The summed E-state index contributed by atoms with van der Waals surface area (Å²) in [5.74, 6) is 0.464. The highest BCUT2D eigenvalue weighted by molar-refractivity contribution is 9.10. The van der Waals surface area contributed by atoms with Crippen molar-refractivity contribution in [2.24, 2.45) is 0 Å². The minimum Gasteiger partial charge on any atom is -0.497 e.